The summed E-state index contributed by atoms with van der Waals surface area (Å²) < 4.78 is 1.10. The molecule has 1 atom stereocenters. The first kappa shape index (κ1) is 14.9. The maximum absolute atomic E-state index is 9.30. The molecule has 0 heterocycles. The zero-order chi connectivity index (χ0) is 14.7. The molecular formula is C17H20BrNO. The highest BCUT2D eigenvalue weighted by Crippen LogP contribution is 2.28. The third-order valence-corrected chi connectivity index (χ3v) is 3.93. The van der Waals surface area contributed by atoms with Crippen LogP contribution in [0, 0.1) is 13.8 Å². The van der Waals surface area contributed by atoms with Crippen LogP contribution in [-0.2, 0) is 6.42 Å². The van der Waals surface area contributed by atoms with Crippen molar-refractivity contribution < 1.29 is 5.11 Å². The molecule has 2 rings (SSSR count). The number of benzene rings is 2. The number of rotatable bonds is 4. The molecule has 2 aromatic carbocycles. The van der Waals surface area contributed by atoms with Crippen LogP contribution < -0.4 is 5.32 Å². The quantitative estimate of drug-likeness (QED) is 0.841. The molecule has 0 fully saturated rings. The third-order valence-electron chi connectivity index (χ3n) is 3.30. The highest BCUT2D eigenvalue weighted by molar-refractivity contribution is 9.10. The van der Waals surface area contributed by atoms with Gasteiger partial charge in [0.1, 0.15) is 5.75 Å². The summed E-state index contributed by atoms with van der Waals surface area (Å²) in [5.74, 6) is 0.312. The van der Waals surface area contributed by atoms with E-state index in [0.717, 1.165) is 16.6 Å². The lowest BCUT2D eigenvalue weighted by Crippen LogP contribution is -2.19. The first-order chi connectivity index (χ1) is 9.45. The highest BCUT2D eigenvalue weighted by atomic mass is 79.9. The van der Waals surface area contributed by atoms with Crippen LogP contribution in [0.2, 0.25) is 0 Å². The number of phenolic OH excluding ortho intramolecular Hbond substituents is 1. The van der Waals surface area contributed by atoms with Gasteiger partial charge in [-0.1, -0.05) is 18.2 Å². The number of phenols is 1. The van der Waals surface area contributed by atoms with Crippen molar-refractivity contribution >= 4 is 21.6 Å². The molecule has 1 unspecified atom stereocenters. The van der Waals surface area contributed by atoms with Gasteiger partial charge in [-0.3, -0.25) is 0 Å². The molecule has 2 aromatic rings. The number of hydrogen-bond donors (Lipinski definition) is 2. The SMILES string of the molecule is Cc1cc(C)c(NC(C)Cc2ccc(O)cc2)c(Br)c1. The number of hydrogen-bond acceptors (Lipinski definition) is 2. The Hall–Kier alpha value is -1.48. The van der Waals surface area contributed by atoms with Crippen molar-refractivity contribution in [3.05, 3.63) is 57.6 Å². The molecule has 2 N–H and O–H groups in total. The number of halogens is 1. The minimum absolute atomic E-state index is 0.312. The van der Waals surface area contributed by atoms with Gasteiger partial charge in [-0.05, 0) is 78.0 Å². The van der Waals surface area contributed by atoms with Crippen LogP contribution in [0.15, 0.2) is 40.9 Å². The average Bonchev–Trinajstić information content (AvgIpc) is 2.36. The molecule has 0 aliphatic rings. The first-order valence-corrected chi connectivity index (χ1v) is 7.56. The Morgan fingerprint density at radius 2 is 1.80 bits per heavy atom. The van der Waals surface area contributed by atoms with E-state index < -0.39 is 0 Å². The number of aryl methyl sites for hydroxylation is 2. The molecule has 3 heteroatoms. The first-order valence-electron chi connectivity index (χ1n) is 6.77. The minimum Gasteiger partial charge on any atom is -0.508 e. The second-order valence-electron chi connectivity index (χ2n) is 5.35. The van der Waals surface area contributed by atoms with Gasteiger partial charge in [-0.15, -0.1) is 0 Å². The van der Waals surface area contributed by atoms with E-state index in [4.69, 9.17) is 0 Å². The molecule has 0 saturated carbocycles. The zero-order valence-corrected chi connectivity index (χ0v) is 13.7. The zero-order valence-electron chi connectivity index (χ0n) is 12.1. The normalized spacial score (nSPS) is 12.2. The Bertz CT molecular complexity index is 569. The topological polar surface area (TPSA) is 32.3 Å². The second-order valence-corrected chi connectivity index (χ2v) is 6.21. The Labute approximate surface area is 129 Å². The Balaban J connectivity index is 2.08. The summed E-state index contributed by atoms with van der Waals surface area (Å²) in [5, 5.41) is 12.9. The van der Waals surface area contributed by atoms with E-state index in [1.807, 2.05) is 12.1 Å². The highest BCUT2D eigenvalue weighted by Gasteiger charge is 2.09. The van der Waals surface area contributed by atoms with Crippen molar-refractivity contribution in [1.29, 1.82) is 0 Å². The molecule has 106 valence electrons. The summed E-state index contributed by atoms with van der Waals surface area (Å²) in [6.45, 7) is 6.38. The van der Waals surface area contributed by atoms with Crippen LogP contribution in [0.1, 0.15) is 23.6 Å². The van der Waals surface area contributed by atoms with Crippen molar-refractivity contribution in [3.63, 3.8) is 0 Å². The maximum atomic E-state index is 9.30. The van der Waals surface area contributed by atoms with Crippen LogP contribution in [0.5, 0.6) is 5.75 Å². The van der Waals surface area contributed by atoms with E-state index >= 15 is 0 Å². The third kappa shape index (κ3) is 3.76. The average molecular weight is 334 g/mol. The lowest BCUT2D eigenvalue weighted by molar-refractivity contribution is 0.475. The fourth-order valence-corrected chi connectivity index (χ4v) is 3.17. The number of nitrogens with one attached hydrogen (secondary N) is 1. The smallest absolute Gasteiger partial charge is 0.115 e. The summed E-state index contributed by atoms with van der Waals surface area (Å²) in [4.78, 5) is 0. The molecule has 0 radical (unpaired) electrons. The van der Waals surface area contributed by atoms with Gasteiger partial charge in [0.05, 0.1) is 5.69 Å². The van der Waals surface area contributed by atoms with Gasteiger partial charge in [0.25, 0.3) is 0 Å². The van der Waals surface area contributed by atoms with Crippen molar-refractivity contribution in [2.75, 3.05) is 5.32 Å². The Kier molecular flexibility index (Phi) is 4.71. The van der Waals surface area contributed by atoms with E-state index in [2.05, 4.69) is 54.2 Å². The van der Waals surface area contributed by atoms with Gasteiger partial charge in [-0.25, -0.2) is 0 Å². The van der Waals surface area contributed by atoms with Crippen LogP contribution in [0.4, 0.5) is 5.69 Å². The molecule has 0 aromatic heterocycles. The van der Waals surface area contributed by atoms with E-state index in [-0.39, 0.29) is 0 Å². The van der Waals surface area contributed by atoms with Gasteiger partial charge in [0, 0.05) is 10.5 Å². The van der Waals surface area contributed by atoms with Crippen molar-refractivity contribution in [2.45, 2.75) is 33.2 Å². The Morgan fingerprint density at radius 3 is 2.40 bits per heavy atom. The number of aromatic hydroxyl groups is 1. The molecular weight excluding hydrogens is 314 g/mol. The van der Waals surface area contributed by atoms with E-state index in [1.165, 1.54) is 16.7 Å². The van der Waals surface area contributed by atoms with Crippen LogP contribution in [0.25, 0.3) is 0 Å². The minimum atomic E-state index is 0.312. The largest absolute Gasteiger partial charge is 0.508 e. The van der Waals surface area contributed by atoms with Gasteiger partial charge in [0.15, 0.2) is 0 Å². The lowest BCUT2D eigenvalue weighted by Gasteiger charge is -2.19. The van der Waals surface area contributed by atoms with E-state index in [1.54, 1.807) is 12.1 Å². The lowest BCUT2D eigenvalue weighted by atomic mass is 10.1. The molecule has 0 bridgehead atoms. The van der Waals surface area contributed by atoms with Gasteiger partial charge in [-0.2, -0.15) is 0 Å². The predicted octanol–water partition coefficient (Wildman–Crippen LogP) is 4.81. The standard InChI is InChI=1S/C17H20BrNO/c1-11-8-12(2)17(16(18)9-11)19-13(3)10-14-4-6-15(20)7-5-14/h4-9,13,19-20H,10H2,1-3H3. The maximum Gasteiger partial charge on any atom is 0.115 e. The van der Waals surface area contributed by atoms with Crippen LogP contribution in [0.3, 0.4) is 0 Å². The summed E-state index contributed by atoms with van der Waals surface area (Å²) in [6.07, 6.45) is 0.917. The summed E-state index contributed by atoms with van der Waals surface area (Å²) >= 11 is 3.63. The van der Waals surface area contributed by atoms with Crippen LogP contribution >= 0.6 is 15.9 Å². The van der Waals surface area contributed by atoms with E-state index in [0.29, 0.717) is 11.8 Å². The molecule has 0 aliphatic carbocycles. The monoisotopic (exact) mass is 333 g/mol. The van der Waals surface area contributed by atoms with Crippen LogP contribution in [-0.4, -0.2) is 11.1 Å². The summed E-state index contributed by atoms with van der Waals surface area (Å²) in [6, 6.07) is 12.0. The summed E-state index contributed by atoms with van der Waals surface area (Å²) in [7, 11) is 0. The fraction of sp³-hybridized carbons (Fsp3) is 0.294. The second kappa shape index (κ2) is 6.31. The molecule has 20 heavy (non-hydrogen) atoms. The molecule has 2 nitrogen and oxygen atoms in total. The van der Waals surface area contributed by atoms with Gasteiger partial charge >= 0.3 is 0 Å². The molecule has 0 spiro atoms. The van der Waals surface area contributed by atoms with Crippen molar-refractivity contribution in [1.82, 2.24) is 0 Å². The van der Waals surface area contributed by atoms with Crippen molar-refractivity contribution in [3.8, 4) is 5.75 Å². The van der Waals surface area contributed by atoms with Crippen molar-refractivity contribution in [2.24, 2.45) is 0 Å². The molecule has 0 amide bonds. The van der Waals surface area contributed by atoms with Gasteiger partial charge in [0.2, 0.25) is 0 Å². The molecule has 0 aliphatic heterocycles. The van der Waals surface area contributed by atoms with E-state index in [9.17, 15) is 5.11 Å². The number of anilines is 1. The van der Waals surface area contributed by atoms with Gasteiger partial charge < -0.3 is 10.4 Å². The predicted molar refractivity (Wildman–Crippen MR) is 88.5 cm³/mol. The Morgan fingerprint density at radius 1 is 1.15 bits per heavy atom. The summed E-state index contributed by atoms with van der Waals surface area (Å²) in [5.41, 5.74) is 4.87. The fourth-order valence-electron chi connectivity index (χ4n) is 2.38. The molecule has 0 saturated heterocycles.